The van der Waals surface area contributed by atoms with E-state index < -0.39 is 5.97 Å². The zero-order valence-corrected chi connectivity index (χ0v) is 12.3. The molecule has 0 aromatic rings. The third kappa shape index (κ3) is 2.08. The summed E-state index contributed by atoms with van der Waals surface area (Å²) in [6.45, 7) is -0.379. The van der Waals surface area contributed by atoms with Gasteiger partial charge in [0.05, 0.1) is 11.8 Å². The van der Waals surface area contributed by atoms with E-state index in [1.165, 1.54) is 0 Å². The Morgan fingerprint density at radius 3 is 2.27 bits per heavy atom. The van der Waals surface area contributed by atoms with Gasteiger partial charge in [-0.25, -0.2) is 4.79 Å². The van der Waals surface area contributed by atoms with Crippen LogP contribution in [0.5, 0.6) is 0 Å². The topological polar surface area (TPSA) is 72.9 Å². The van der Waals surface area contributed by atoms with Crippen LogP contribution >= 0.6 is 0 Å². The van der Waals surface area contributed by atoms with Gasteiger partial charge in [0, 0.05) is 0 Å². The van der Waals surface area contributed by atoms with Crippen molar-refractivity contribution in [1.82, 2.24) is 5.06 Å². The van der Waals surface area contributed by atoms with E-state index in [2.05, 4.69) is 0 Å². The number of carbonyl (C=O) groups is 3. The molecule has 3 fully saturated rings. The summed E-state index contributed by atoms with van der Waals surface area (Å²) >= 11 is 0. The van der Waals surface area contributed by atoms with E-state index in [4.69, 9.17) is 9.57 Å². The summed E-state index contributed by atoms with van der Waals surface area (Å²) in [6, 6.07) is 0. The van der Waals surface area contributed by atoms with E-state index in [0.29, 0.717) is 0 Å². The molecular formula is C16H19NO5. The van der Waals surface area contributed by atoms with E-state index in [9.17, 15) is 14.4 Å². The maximum absolute atomic E-state index is 12.3. The van der Waals surface area contributed by atoms with E-state index in [1.54, 1.807) is 0 Å². The van der Waals surface area contributed by atoms with Crippen LogP contribution in [0.2, 0.25) is 0 Å². The third-order valence-electron chi connectivity index (χ3n) is 5.34. The Balaban J connectivity index is 1.35. The molecule has 2 bridgehead atoms. The number of carbonyl (C=O) groups excluding carboxylic acids is 3. The molecule has 2 amide bonds. The summed E-state index contributed by atoms with van der Waals surface area (Å²) in [6.07, 6.45) is 8.79. The fraction of sp³-hybridized carbons (Fsp3) is 0.688. The molecule has 0 spiro atoms. The number of hydrogen-bond donors (Lipinski definition) is 0. The summed E-state index contributed by atoms with van der Waals surface area (Å²) in [7, 11) is 0. The molecule has 22 heavy (non-hydrogen) atoms. The predicted octanol–water partition coefficient (Wildman–Crippen LogP) is 1.21. The van der Waals surface area contributed by atoms with Gasteiger partial charge in [-0.3, -0.25) is 14.4 Å². The minimum Gasteiger partial charge on any atom is -0.461 e. The van der Waals surface area contributed by atoms with Crippen LogP contribution in [0.25, 0.3) is 0 Å². The largest absolute Gasteiger partial charge is 0.461 e. The van der Waals surface area contributed by atoms with Crippen molar-refractivity contribution in [1.29, 1.82) is 0 Å². The first-order chi connectivity index (χ1) is 10.6. The smallest absolute Gasteiger partial charge is 0.335 e. The minimum absolute atomic E-state index is 0.0412. The Bertz CT molecular complexity index is 521. The first-order valence-electron chi connectivity index (χ1n) is 8.03. The number of imide groups is 1. The maximum Gasteiger partial charge on any atom is 0.335 e. The summed E-state index contributed by atoms with van der Waals surface area (Å²) in [5.74, 6) is -1.43. The molecular weight excluding hydrogens is 286 g/mol. The molecule has 2 saturated carbocycles. The molecule has 0 aromatic carbocycles. The third-order valence-corrected chi connectivity index (χ3v) is 5.34. The molecule has 4 unspecified atom stereocenters. The second-order valence-corrected chi connectivity index (χ2v) is 6.64. The van der Waals surface area contributed by atoms with Gasteiger partial charge in [0.25, 0.3) is 11.8 Å². The minimum atomic E-state index is -0.509. The number of hydrogen-bond acceptors (Lipinski definition) is 5. The fourth-order valence-electron chi connectivity index (χ4n) is 4.35. The maximum atomic E-state index is 12.3. The summed E-state index contributed by atoms with van der Waals surface area (Å²) in [5, 5.41) is 0.803. The molecule has 0 aromatic heterocycles. The Hall–Kier alpha value is -1.69. The Labute approximate surface area is 128 Å². The zero-order valence-electron chi connectivity index (χ0n) is 12.3. The SMILES string of the molecule is O=C(CON1C(=O)C2C3C=CC(C3)C2C1=O)OC1CCCC1. The van der Waals surface area contributed by atoms with Crippen LogP contribution in [0.3, 0.4) is 0 Å². The number of ether oxygens (including phenoxy) is 1. The van der Waals surface area contributed by atoms with Crippen molar-refractivity contribution in [2.24, 2.45) is 23.7 Å². The molecule has 3 aliphatic carbocycles. The van der Waals surface area contributed by atoms with Gasteiger partial charge in [-0.15, -0.1) is 0 Å². The average Bonchev–Trinajstić information content (AvgIpc) is 3.24. The van der Waals surface area contributed by atoms with E-state index >= 15 is 0 Å². The number of amides is 2. The average molecular weight is 305 g/mol. The van der Waals surface area contributed by atoms with Crippen molar-refractivity contribution in [3.05, 3.63) is 12.2 Å². The lowest BCUT2D eigenvalue weighted by Gasteiger charge is -2.17. The summed E-state index contributed by atoms with van der Waals surface area (Å²) in [4.78, 5) is 41.6. The number of nitrogens with zero attached hydrogens (tertiary/aromatic N) is 1. The van der Waals surface area contributed by atoms with Crippen molar-refractivity contribution < 1.29 is 24.0 Å². The van der Waals surface area contributed by atoms with Crippen molar-refractivity contribution >= 4 is 17.8 Å². The monoisotopic (exact) mass is 305 g/mol. The first kappa shape index (κ1) is 13.9. The second kappa shape index (κ2) is 5.19. The highest BCUT2D eigenvalue weighted by Crippen LogP contribution is 2.52. The van der Waals surface area contributed by atoms with Crippen LogP contribution in [0, 0.1) is 23.7 Å². The highest BCUT2D eigenvalue weighted by molar-refractivity contribution is 6.05. The number of rotatable bonds is 4. The molecule has 0 radical (unpaired) electrons. The normalized spacial score (nSPS) is 36.5. The second-order valence-electron chi connectivity index (χ2n) is 6.64. The van der Waals surface area contributed by atoms with E-state index in [-0.39, 0.29) is 48.2 Å². The van der Waals surface area contributed by atoms with Gasteiger partial charge < -0.3 is 4.74 Å². The van der Waals surface area contributed by atoms with Gasteiger partial charge in [0.15, 0.2) is 6.61 Å². The van der Waals surface area contributed by atoms with Crippen molar-refractivity contribution in [2.45, 2.75) is 38.2 Å². The molecule has 6 nitrogen and oxygen atoms in total. The van der Waals surface area contributed by atoms with Gasteiger partial charge in [-0.2, -0.15) is 5.06 Å². The van der Waals surface area contributed by atoms with Crippen molar-refractivity contribution in [3.63, 3.8) is 0 Å². The molecule has 0 N–H and O–H groups in total. The highest BCUT2D eigenvalue weighted by Gasteiger charge is 2.60. The van der Waals surface area contributed by atoms with Crippen molar-refractivity contribution in [3.8, 4) is 0 Å². The molecule has 1 aliphatic heterocycles. The van der Waals surface area contributed by atoms with Gasteiger partial charge >= 0.3 is 5.97 Å². The van der Waals surface area contributed by atoms with Crippen LogP contribution in [-0.2, 0) is 24.0 Å². The van der Waals surface area contributed by atoms with Gasteiger partial charge in [-0.1, -0.05) is 12.2 Å². The summed E-state index contributed by atoms with van der Waals surface area (Å²) in [5.41, 5.74) is 0. The van der Waals surface area contributed by atoms with E-state index in [1.807, 2.05) is 12.2 Å². The Morgan fingerprint density at radius 2 is 1.68 bits per heavy atom. The molecule has 1 heterocycles. The van der Waals surface area contributed by atoms with Crippen molar-refractivity contribution in [2.75, 3.05) is 6.61 Å². The molecule has 118 valence electrons. The van der Waals surface area contributed by atoms with Gasteiger partial charge in [-0.05, 0) is 43.9 Å². The number of esters is 1. The quantitative estimate of drug-likeness (QED) is 0.443. The number of fused-ring (bicyclic) bond motifs is 5. The fourth-order valence-corrected chi connectivity index (χ4v) is 4.35. The first-order valence-corrected chi connectivity index (χ1v) is 8.03. The summed E-state index contributed by atoms with van der Waals surface area (Å²) < 4.78 is 5.26. The molecule has 4 aliphatic rings. The lowest BCUT2D eigenvalue weighted by atomic mass is 9.85. The predicted molar refractivity (Wildman–Crippen MR) is 73.9 cm³/mol. The zero-order chi connectivity index (χ0) is 15.3. The molecule has 1 saturated heterocycles. The molecule has 6 heteroatoms. The Morgan fingerprint density at radius 1 is 1.09 bits per heavy atom. The van der Waals surface area contributed by atoms with Crippen LogP contribution in [0.15, 0.2) is 12.2 Å². The standard InChI is InChI=1S/C16H19NO5/c18-12(22-11-3-1-2-4-11)8-21-17-15(19)13-9-5-6-10(7-9)14(13)16(17)20/h5-6,9-11,13-14H,1-4,7-8H2. The lowest BCUT2D eigenvalue weighted by molar-refractivity contribution is -0.197. The number of allylic oxidation sites excluding steroid dienone is 2. The van der Waals surface area contributed by atoms with Crippen LogP contribution < -0.4 is 0 Å². The molecule has 4 rings (SSSR count). The molecule has 4 atom stereocenters. The highest BCUT2D eigenvalue weighted by atomic mass is 16.7. The van der Waals surface area contributed by atoms with E-state index in [0.717, 1.165) is 37.2 Å². The van der Waals surface area contributed by atoms with Crippen LogP contribution in [-0.4, -0.2) is 35.6 Å². The van der Waals surface area contributed by atoms with Crippen LogP contribution in [0.4, 0.5) is 0 Å². The Kier molecular flexibility index (Phi) is 3.29. The lowest BCUT2D eigenvalue weighted by Crippen LogP contribution is -2.35. The van der Waals surface area contributed by atoms with Gasteiger partial charge in [0.2, 0.25) is 0 Å². The number of hydroxylamine groups is 2. The van der Waals surface area contributed by atoms with Crippen LogP contribution in [0.1, 0.15) is 32.1 Å². The van der Waals surface area contributed by atoms with Gasteiger partial charge in [0.1, 0.15) is 6.10 Å².